The molecule has 0 aliphatic heterocycles. The normalized spacial score (nSPS) is 15.6. The van der Waals surface area contributed by atoms with E-state index in [9.17, 15) is 9.59 Å². The van der Waals surface area contributed by atoms with Gasteiger partial charge in [0.05, 0.1) is 17.7 Å². The van der Waals surface area contributed by atoms with Crippen LogP contribution in [0.5, 0.6) is 0 Å². The lowest BCUT2D eigenvalue weighted by Gasteiger charge is -2.22. The molecule has 0 bridgehead atoms. The van der Waals surface area contributed by atoms with Crippen LogP contribution in [0, 0.1) is 5.92 Å². The van der Waals surface area contributed by atoms with Crippen LogP contribution in [0.1, 0.15) is 66.7 Å². The number of carbonyl (C=O) groups is 2. The highest BCUT2D eigenvalue weighted by Crippen LogP contribution is 2.22. The molecule has 0 spiro atoms. The number of hydrogen-bond donors (Lipinski definition) is 0. The van der Waals surface area contributed by atoms with Crippen LogP contribution in [0.4, 0.5) is 0 Å². The second kappa shape index (κ2) is 7.97. The smallest absolute Gasteiger partial charge is 0.339 e. The van der Waals surface area contributed by atoms with Gasteiger partial charge in [-0.05, 0) is 43.7 Å². The predicted octanol–water partition coefficient (Wildman–Crippen LogP) is 3.99. The van der Waals surface area contributed by atoms with E-state index in [0.29, 0.717) is 12.2 Å². The quantitative estimate of drug-likeness (QED) is 0.772. The predicted molar refractivity (Wildman–Crippen MR) is 83.9 cm³/mol. The van der Waals surface area contributed by atoms with Gasteiger partial charge in [-0.25, -0.2) is 9.59 Å². The molecule has 0 atom stereocenters. The van der Waals surface area contributed by atoms with Crippen molar-refractivity contribution in [2.75, 3.05) is 6.61 Å². The summed E-state index contributed by atoms with van der Waals surface area (Å²) < 4.78 is 10.8. The van der Waals surface area contributed by atoms with Crippen LogP contribution in [0.15, 0.2) is 24.3 Å². The number of rotatable bonds is 5. The van der Waals surface area contributed by atoms with Crippen molar-refractivity contribution in [3.8, 4) is 0 Å². The van der Waals surface area contributed by atoms with Crippen LogP contribution in [-0.2, 0) is 9.47 Å². The molecule has 0 radical (unpaired) electrons. The Bertz CT molecular complexity index is 516. The fourth-order valence-electron chi connectivity index (χ4n) is 2.56. The highest BCUT2D eigenvalue weighted by molar-refractivity contribution is 6.03. The molecule has 1 saturated carbocycles. The van der Waals surface area contributed by atoms with Gasteiger partial charge in [-0.1, -0.05) is 32.4 Å². The van der Waals surface area contributed by atoms with Crippen molar-refractivity contribution in [3.63, 3.8) is 0 Å². The van der Waals surface area contributed by atoms with Crippen molar-refractivity contribution < 1.29 is 19.1 Å². The van der Waals surface area contributed by atoms with E-state index in [1.165, 1.54) is 6.42 Å². The molecule has 0 amide bonds. The van der Waals surface area contributed by atoms with Gasteiger partial charge >= 0.3 is 11.9 Å². The molecule has 0 N–H and O–H groups in total. The zero-order valence-corrected chi connectivity index (χ0v) is 13.3. The molecule has 0 unspecified atom stereocenters. The van der Waals surface area contributed by atoms with E-state index in [1.807, 2.05) is 13.8 Å². The maximum Gasteiger partial charge on any atom is 0.339 e. The van der Waals surface area contributed by atoms with E-state index in [4.69, 9.17) is 9.47 Å². The van der Waals surface area contributed by atoms with Crippen molar-refractivity contribution in [1.29, 1.82) is 0 Å². The summed E-state index contributed by atoms with van der Waals surface area (Å²) in [6, 6.07) is 6.69. The van der Waals surface area contributed by atoms with Crippen LogP contribution in [0.3, 0.4) is 0 Å². The Morgan fingerprint density at radius 3 is 2.23 bits per heavy atom. The first-order valence-corrected chi connectivity index (χ1v) is 8.05. The molecule has 2 rings (SSSR count). The minimum atomic E-state index is -0.468. The lowest BCUT2D eigenvalue weighted by atomic mass is 9.97. The molecule has 22 heavy (non-hydrogen) atoms. The fourth-order valence-corrected chi connectivity index (χ4v) is 2.56. The number of benzene rings is 1. The molecule has 4 heteroatoms. The van der Waals surface area contributed by atoms with Gasteiger partial charge in [-0.2, -0.15) is 0 Å². The Kier molecular flexibility index (Phi) is 5.99. The molecule has 1 aromatic carbocycles. The Morgan fingerprint density at radius 2 is 1.64 bits per heavy atom. The molecule has 1 aliphatic rings. The van der Waals surface area contributed by atoms with Gasteiger partial charge in [0, 0.05) is 0 Å². The van der Waals surface area contributed by atoms with E-state index < -0.39 is 11.9 Å². The van der Waals surface area contributed by atoms with Crippen molar-refractivity contribution in [3.05, 3.63) is 35.4 Å². The summed E-state index contributed by atoms with van der Waals surface area (Å²) in [4.78, 5) is 24.5. The molecule has 0 aromatic heterocycles. The minimum absolute atomic E-state index is 0.0269. The van der Waals surface area contributed by atoms with Gasteiger partial charge in [-0.15, -0.1) is 0 Å². The summed E-state index contributed by atoms with van der Waals surface area (Å²) in [6.45, 7) is 4.28. The zero-order valence-electron chi connectivity index (χ0n) is 13.3. The van der Waals surface area contributed by atoms with E-state index in [-0.39, 0.29) is 17.6 Å². The Balaban J connectivity index is 2.06. The lowest BCUT2D eigenvalue weighted by Crippen LogP contribution is -2.23. The Morgan fingerprint density at radius 1 is 1.05 bits per heavy atom. The zero-order chi connectivity index (χ0) is 15.9. The van der Waals surface area contributed by atoms with Crippen molar-refractivity contribution >= 4 is 11.9 Å². The lowest BCUT2D eigenvalue weighted by molar-refractivity contribution is 0.0202. The SMILES string of the molecule is CC(C)COC(=O)c1ccccc1C(=O)OC1CCCCC1. The van der Waals surface area contributed by atoms with Crippen LogP contribution >= 0.6 is 0 Å². The average molecular weight is 304 g/mol. The third-order valence-corrected chi connectivity index (χ3v) is 3.74. The van der Waals surface area contributed by atoms with Crippen molar-refractivity contribution in [2.24, 2.45) is 5.92 Å². The van der Waals surface area contributed by atoms with Crippen LogP contribution in [0.2, 0.25) is 0 Å². The van der Waals surface area contributed by atoms with Gasteiger partial charge < -0.3 is 9.47 Å². The van der Waals surface area contributed by atoms with Crippen LogP contribution in [-0.4, -0.2) is 24.6 Å². The molecule has 0 heterocycles. The van der Waals surface area contributed by atoms with E-state index >= 15 is 0 Å². The Hall–Kier alpha value is -1.84. The molecule has 120 valence electrons. The number of esters is 2. The highest BCUT2D eigenvalue weighted by atomic mass is 16.5. The molecule has 0 saturated heterocycles. The summed E-state index contributed by atoms with van der Waals surface area (Å²) in [7, 11) is 0. The summed E-state index contributed by atoms with van der Waals surface area (Å²) in [5.74, 6) is -0.640. The maximum absolute atomic E-state index is 12.3. The number of ether oxygens (including phenoxy) is 2. The highest BCUT2D eigenvalue weighted by Gasteiger charge is 2.23. The topological polar surface area (TPSA) is 52.6 Å². The van der Waals surface area contributed by atoms with Crippen LogP contribution < -0.4 is 0 Å². The van der Waals surface area contributed by atoms with Gasteiger partial charge in [0.2, 0.25) is 0 Å². The number of carbonyl (C=O) groups excluding carboxylic acids is 2. The van der Waals surface area contributed by atoms with Gasteiger partial charge in [0.1, 0.15) is 6.10 Å². The third kappa shape index (κ3) is 4.58. The summed E-state index contributed by atoms with van der Waals surface area (Å²) in [5, 5.41) is 0. The van der Waals surface area contributed by atoms with E-state index in [0.717, 1.165) is 25.7 Å². The summed E-state index contributed by atoms with van der Waals surface area (Å²) in [5.41, 5.74) is 0.575. The Labute approximate surface area is 131 Å². The summed E-state index contributed by atoms with van der Waals surface area (Å²) >= 11 is 0. The van der Waals surface area contributed by atoms with Gasteiger partial charge in [0.15, 0.2) is 0 Å². The second-order valence-electron chi connectivity index (χ2n) is 6.20. The molecule has 1 aliphatic carbocycles. The molecule has 1 aromatic rings. The second-order valence-corrected chi connectivity index (χ2v) is 6.20. The first-order chi connectivity index (χ1) is 10.6. The number of hydrogen-bond acceptors (Lipinski definition) is 4. The largest absolute Gasteiger partial charge is 0.462 e. The monoisotopic (exact) mass is 304 g/mol. The minimum Gasteiger partial charge on any atom is -0.462 e. The molecular weight excluding hydrogens is 280 g/mol. The molecular formula is C18H24O4. The summed E-state index contributed by atoms with van der Waals surface area (Å²) in [6.07, 6.45) is 5.18. The van der Waals surface area contributed by atoms with Crippen molar-refractivity contribution in [1.82, 2.24) is 0 Å². The molecule has 4 nitrogen and oxygen atoms in total. The first-order valence-electron chi connectivity index (χ1n) is 8.05. The van der Waals surface area contributed by atoms with Crippen LogP contribution in [0.25, 0.3) is 0 Å². The van der Waals surface area contributed by atoms with E-state index in [2.05, 4.69) is 0 Å². The standard InChI is InChI=1S/C18H24O4/c1-13(2)12-21-17(19)15-10-6-7-11-16(15)18(20)22-14-8-4-3-5-9-14/h6-7,10-11,13-14H,3-5,8-9,12H2,1-2H3. The fraction of sp³-hybridized carbons (Fsp3) is 0.556. The third-order valence-electron chi connectivity index (χ3n) is 3.74. The average Bonchev–Trinajstić information content (AvgIpc) is 2.53. The van der Waals surface area contributed by atoms with Gasteiger partial charge in [-0.3, -0.25) is 0 Å². The molecule has 1 fully saturated rings. The first kappa shape index (κ1) is 16.5. The van der Waals surface area contributed by atoms with Gasteiger partial charge in [0.25, 0.3) is 0 Å². The maximum atomic E-state index is 12.3. The van der Waals surface area contributed by atoms with Crippen molar-refractivity contribution in [2.45, 2.75) is 52.1 Å². The van der Waals surface area contributed by atoms with E-state index in [1.54, 1.807) is 24.3 Å².